The van der Waals surface area contributed by atoms with Crippen LogP contribution in [0.5, 0.6) is 0 Å². The maximum Gasteiger partial charge on any atom is 0.332 e. The van der Waals surface area contributed by atoms with E-state index in [4.69, 9.17) is 20.7 Å². The Balaban J connectivity index is 2.77. The van der Waals surface area contributed by atoms with Crippen LogP contribution in [0, 0.1) is 0 Å². The Morgan fingerprint density at radius 2 is 2.06 bits per heavy atom. The van der Waals surface area contributed by atoms with Gasteiger partial charge in [-0.05, 0) is 0 Å². The molecule has 6 atom stereocenters. The van der Waals surface area contributed by atoms with Crippen molar-refractivity contribution in [1.82, 2.24) is 0 Å². The lowest BCUT2D eigenvalue weighted by Crippen LogP contribution is -2.61. The van der Waals surface area contributed by atoms with Crippen LogP contribution in [0.15, 0.2) is 0 Å². The maximum atomic E-state index is 10.7. The normalized spacial score (nSPS) is 37.5. The number of hydrogen-bond acceptors (Lipinski definition) is 7. The third kappa shape index (κ3) is 3.12. The van der Waals surface area contributed by atoms with Crippen molar-refractivity contribution in [3.8, 4) is 0 Å². The molecule has 1 heterocycles. The SMILES string of the molecule is NC1C(O)CC(C(=O)O)OC1C(O)[C@@H](O)CO. The van der Waals surface area contributed by atoms with Crippen LogP contribution in [0.2, 0.25) is 0 Å². The standard InChI is InChI=1S/C9H17NO7/c10-6-3(12)1-5(9(15)16)17-8(6)7(14)4(13)2-11/h3-8,11-14H,1-2,10H2,(H,15,16)/t3?,4-,5?,6?,7?,8?/m0/s1. The van der Waals surface area contributed by atoms with E-state index in [1.54, 1.807) is 0 Å². The van der Waals surface area contributed by atoms with E-state index >= 15 is 0 Å². The van der Waals surface area contributed by atoms with Crippen molar-refractivity contribution >= 4 is 5.97 Å². The molecule has 5 unspecified atom stereocenters. The summed E-state index contributed by atoms with van der Waals surface area (Å²) < 4.78 is 5.01. The third-order valence-corrected chi connectivity index (χ3v) is 2.79. The summed E-state index contributed by atoms with van der Waals surface area (Å²) in [5, 5.41) is 45.8. The molecule has 0 amide bonds. The lowest BCUT2D eigenvalue weighted by molar-refractivity contribution is -0.191. The summed E-state index contributed by atoms with van der Waals surface area (Å²) >= 11 is 0. The van der Waals surface area contributed by atoms with Crippen molar-refractivity contribution < 1.29 is 35.1 Å². The van der Waals surface area contributed by atoms with E-state index in [0.717, 1.165) is 0 Å². The first-order valence-corrected chi connectivity index (χ1v) is 5.17. The molecule has 8 nitrogen and oxygen atoms in total. The highest BCUT2D eigenvalue weighted by atomic mass is 16.5. The van der Waals surface area contributed by atoms with Crippen LogP contribution in [0.4, 0.5) is 0 Å². The molecular formula is C9H17NO7. The number of carbonyl (C=O) groups is 1. The lowest BCUT2D eigenvalue weighted by Gasteiger charge is -2.39. The molecule has 100 valence electrons. The molecule has 0 radical (unpaired) electrons. The second-order valence-corrected chi connectivity index (χ2v) is 4.05. The Hall–Kier alpha value is -0.770. The van der Waals surface area contributed by atoms with Crippen LogP contribution in [0.3, 0.4) is 0 Å². The van der Waals surface area contributed by atoms with Gasteiger partial charge in [0.25, 0.3) is 0 Å². The number of nitrogens with two attached hydrogens (primary N) is 1. The Bertz CT molecular complexity index is 274. The largest absolute Gasteiger partial charge is 0.479 e. The number of carboxylic acids is 1. The highest BCUT2D eigenvalue weighted by Crippen LogP contribution is 2.22. The smallest absolute Gasteiger partial charge is 0.332 e. The molecule has 0 aromatic carbocycles. The van der Waals surface area contributed by atoms with Gasteiger partial charge in [-0.1, -0.05) is 0 Å². The monoisotopic (exact) mass is 251 g/mol. The molecule has 0 spiro atoms. The summed E-state index contributed by atoms with van der Waals surface area (Å²) in [6.45, 7) is -0.721. The minimum atomic E-state index is -1.56. The Kier molecular flexibility index (Phi) is 4.80. The van der Waals surface area contributed by atoms with E-state index in [1.165, 1.54) is 0 Å². The van der Waals surface area contributed by atoms with E-state index in [1.807, 2.05) is 0 Å². The predicted octanol–water partition coefficient (Wildman–Crippen LogP) is -3.37. The summed E-state index contributed by atoms with van der Waals surface area (Å²) in [5.41, 5.74) is 5.56. The Labute approximate surface area is 97.2 Å². The average Bonchev–Trinajstić information content (AvgIpc) is 2.30. The van der Waals surface area contributed by atoms with Crippen LogP contribution in [0.1, 0.15) is 6.42 Å². The fourth-order valence-corrected chi connectivity index (χ4v) is 1.73. The van der Waals surface area contributed by atoms with Crippen molar-refractivity contribution in [2.24, 2.45) is 5.73 Å². The van der Waals surface area contributed by atoms with Gasteiger partial charge in [-0.2, -0.15) is 0 Å². The number of aliphatic carboxylic acids is 1. The predicted molar refractivity (Wildman–Crippen MR) is 54.0 cm³/mol. The molecule has 1 aliphatic rings. The molecule has 17 heavy (non-hydrogen) atoms. The quantitative estimate of drug-likeness (QED) is 0.302. The minimum absolute atomic E-state index is 0.186. The van der Waals surface area contributed by atoms with Crippen LogP contribution < -0.4 is 5.73 Å². The summed E-state index contributed by atoms with van der Waals surface area (Å²) in [4.78, 5) is 10.7. The molecule has 1 aliphatic heterocycles. The van der Waals surface area contributed by atoms with Crippen molar-refractivity contribution in [1.29, 1.82) is 0 Å². The molecule has 0 aromatic rings. The van der Waals surface area contributed by atoms with Gasteiger partial charge in [0.2, 0.25) is 0 Å². The number of ether oxygens (including phenoxy) is 1. The van der Waals surface area contributed by atoms with Gasteiger partial charge in [0.1, 0.15) is 18.3 Å². The highest BCUT2D eigenvalue weighted by Gasteiger charge is 2.43. The van der Waals surface area contributed by atoms with Gasteiger partial charge in [-0.3, -0.25) is 0 Å². The van der Waals surface area contributed by atoms with Crippen molar-refractivity contribution in [3.63, 3.8) is 0 Å². The number of hydrogen-bond donors (Lipinski definition) is 6. The van der Waals surface area contributed by atoms with Crippen LogP contribution in [0.25, 0.3) is 0 Å². The first-order chi connectivity index (χ1) is 7.88. The van der Waals surface area contributed by atoms with Gasteiger partial charge in [-0.25, -0.2) is 4.79 Å². The number of carboxylic acid groups (broad SMARTS) is 1. The van der Waals surface area contributed by atoms with Gasteiger partial charge >= 0.3 is 5.97 Å². The summed E-state index contributed by atoms with van der Waals surface area (Å²) in [5.74, 6) is -1.29. The molecule has 0 aromatic heterocycles. The van der Waals surface area contributed by atoms with Gasteiger partial charge in [0.15, 0.2) is 6.10 Å². The minimum Gasteiger partial charge on any atom is -0.479 e. The molecule has 1 saturated heterocycles. The topological polar surface area (TPSA) is 153 Å². The van der Waals surface area contributed by atoms with E-state index in [2.05, 4.69) is 0 Å². The molecule has 8 heteroatoms. The fourth-order valence-electron chi connectivity index (χ4n) is 1.73. The lowest BCUT2D eigenvalue weighted by atomic mass is 9.91. The first-order valence-electron chi connectivity index (χ1n) is 5.17. The van der Waals surface area contributed by atoms with E-state index in [0.29, 0.717) is 0 Å². The summed E-state index contributed by atoms with van der Waals surface area (Å²) in [6.07, 6.45) is -6.96. The number of aliphatic hydroxyl groups is 4. The van der Waals surface area contributed by atoms with E-state index in [9.17, 15) is 20.1 Å². The average molecular weight is 251 g/mol. The molecule has 1 fully saturated rings. The van der Waals surface area contributed by atoms with E-state index in [-0.39, 0.29) is 6.42 Å². The molecule has 1 rings (SSSR count). The van der Waals surface area contributed by atoms with Crippen LogP contribution >= 0.6 is 0 Å². The number of rotatable bonds is 4. The zero-order valence-corrected chi connectivity index (χ0v) is 9.01. The van der Waals surface area contributed by atoms with Crippen molar-refractivity contribution in [2.45, 2.75) is 43.0 Å². The molecular weight excluding hydrogens is 234 g/mol. The number of aliphatic hydroxyl groups excluding tert-OH is 4. The Morgan fingerprint density at radius 3 is 2.53 bits per heavy atom. The first kappa shape index (κ1) is 14.3. The zero-order chi connectivity index (χ0) is 13.2. The summed E-state index contributed by atoms with van der Waals surface area (Å²) in [6, 6.07) is -1.03. The van der Waals surface area contributed by atoms with Gasteiger partial charge in [-0.15, -0.1) is 0 Å². The fraction of sp³-hybridized carbons (Fsp3) is 0.889. The second kappa shape index (κ2) is 5.71. The van der Waals surface area contributed by atoms with Crippen molar-refractivity contribution in [3.05, 3.63) is 0 Å². The molecule has 0 bridgehead atoms. The highest BCUT2D eigenvalue weighted by molar-refractivity contribution is 5.72. The zero-order valence-electron chi connectivity index (χ0n) is 9.01. The second-order valence-electron chi connectivity index (χ2n) is 4.05. The van der Waals surface area contributed by atoms with Gasteiger partial charge < -0.3 is 36.0 Å². The Morgan fingerprint density at radius 1 is 1.47 bits per heavy atom. The molecule has 7 N–H and O–H groups in total. The van der Waals surface area contributed by atoms with E-state index < -0.39 is 49.1 Å². The van der Waals surface area contributed by atoms with Gasteiger partial charge in [0.05, 0.1) is 18.8 Å². The molecule has 0 aliphatic carbocycles. The van der Waals surface area contributed by atoms with Gasteiger partial charge in [0, 0.05) is 6.42 Å². The van der Waals surface area contributed by atoms with Crippen molar-refractivity contribution in [2.75, 3.05) is 6.61 Å². The molecule has 0 saturated carbocycles. The van der Waals surface area contributed by atoms with Crippen LogP contribution in [-0.4, -0.2) is 74.7 Å². The third-order valence-electron chi connectivity index (χ3n) is 2.79. The summed E-state index contributed by atoms with van der Waals surface area (Å²) in [7, 11) is 0. The van der Waals surface area contributed by atoms with Crippen LogP contribution in [-0.2, 0) is 9.53 Å². The maximum absolute atomic E-state index is 10.7.